The maximum absolute atomic E-state index is 13.2. The number of hydrogen-bond donors (Lipinski definition) is 8. The molecule has 0 saturated carbocycles. The van der Waals surface area contributed by atoms with Gasteiger partial charge in [0, 0.05) is 23.5 Å². The van der Waals surface area contributed by atoms with Crippen molar-refractivity contribution in [1.82, 2.24) is 20.9 Å². The molecule has 13 nitrogen and oxygen atoms in total. The van der Waals surface area contributed by atoms with E-state index >= 15 is 0 Å². The first-order valence-electron chi connectivity index (χ1n) is 11.7. The Labute approximate surface area is 213 Å². The van der Waals surface area contributed by atoms with Gasteiger partial charge in [0.15, 0.2) is 0 Å². The van der Waals surface area contributed by atoms with Crippen LogP contribution in [0.1, 0.15) is 32.8 Å². The number of para-hydroxylation sites is 1. The molecule has 1 aromatic heterocycles. The fourth-order valence-electron chi connectivity index (χ4n) is 3.73. The molecule has 4 amide bonds. The van der Waals surface area contributed by atoms with Crippen molar-refractivity contribution in [3.63, 3.8) is 0 Å². The first-order valence-corrected chi connectivity index (χ1v) is 11.7. The summed E-state index contributed by atoms with van der Waals surface area (Å²) in [5.74, 6) is -5.08. The van der Waals surface area contributed by atoms with Gasteiger partial charge in [0.2, 0.25) is 23.6 Å². The van der Waals surface area contributed by atoms with Gasteiger partial charge in [-0.2, -0.15) is 0 Å². The summed E-state index contributed by atoms with van der Waals surface area (Å²) in [5.41, 5.74) is 12.1. The summed E-state index contributed by atoms with van der Waals surface area (Å²) in [6, 6.07) is 1.95. The van der Waals surface area contributed by atoms with Crippen LogP contribution in [-0.4, -0.2) is 75.1 Å². The zero-order valence-electron chi connectivity index (χ0n) is 20.9. The van der Waals surface area contributed by atoms with Crippen LogP contribution in [0.25, 0.3) is 10.9 Å². The van der Waals surface area contributed by atoms with Crippen LogP contribution in [0, 0.1) is 5.92 Å². The Morgan fingerprint density at radius 3 is 2.14 bits per heavy atom. The number of H-pyrrole nitrogens is 1. The second-order valence-corrected chi connectivity index (χ2v) is 9.20. The van der Waals surface area contributed by atoms with Crippen LogP contribution in [0.3, 0.4) is 0 Å². The minimum Gasteiger partial charge on any atom is -0.480 e. The number of aliphatic hydroxyl groups is 1. The number of amides is 4. The largest absolute Gasteiger partial charge is 0.480 e. The fraction of sp³-hybridized carbons (Fsp3) is 0.458. The van der Waals surface area contributed by atoms with Crippen LogP contribution in [0.15, 0.2) is 30.5 Å². The number of hydrogen-bond acceptors (Lipinski definition) is 7. The van der Waals surface area contributed by atoms with E-state index < -0.39 is 72.2 Å². The van der Waals surface area contributed by atoms with Gasteiger partial charge in [0.1, 0.15) is 18.1 Å². The van der Waals surface area contributed by atoms with Gasteiger partial charge in [0.25, 0.3) is 0 Å². The van der Waals surface area contributed by atoms with Crippen molar-refractivity contribution in [3.8, 4) is 0 Å². The van der Waals surface area contributed by atoms with Gasteiger partial charge in [0.05, 0.1) is 18.6 Å². The number of nitrogens with one attached hydrogen (secondary N) is 4. The molecule has 0 bridgehead atoms. The quantitative estimate of drug-likeness (QED) is 0.155. The van der Waals surface area contributed by atoms with Crippen molar-refractivity contribution in [1.29, 1.82) is 0 Å². The molecule has 0 spiro atoms. The molecule has 10 N–H and O–H groups in total. The SMILES string of the molecule is CC(C)C(NC(=O)C(Cc1c[nH]c2ccccc12)NC(=O)C(NC(=O)C(N)CC(N)=O)C(C)O)C(=O)O. The molecular formula is C24H34N6O7. The number of benzene rings is 1. The summed E-state index contributed by atoms with van der Waals surface area (Å²) in [7, 11) is 0. The summed E-state index contributed by atoms with van der Waals surface area (Å²) < 4.78 is 0. The molecule has 202 valence electrons. The van der Waals surface area contributed by atoms with Gasteiger partial charge in [-0.05, 0) is 24.5 Å². The number of carbonyl (C=O) groups is 5. The topological polar surface area (TPSA) is 230 Å². The molecule has 0 aliphatic rings. The molecule has 0 aliphatic heterocycles. The van der Waals surface area contributed by atoms with E-state index in [2.05, 4.69) is 20.9 Å². The first-order chi connectivity index (χ1) is 17.3. The van der Waals surface area contributed by atoms with Crippen molar-refractivity contribution in [3.05, 3.63) is 36.0 Å². The van der Waals surface area contributed by atoms with E-state index in [1.807, 2.05) is 18.2 Å². The number of aromatic nitrogens is 1. The molecule has 2 aromatic rings. The Morgan fingerprint density at radius 1 is 0.946 bits per heavy atom. The third-order valence-corrected chi connectivity index (χ3v) is 5.78. The number of aromatic amines is 1. The molecular weight excluding hydrogens is 484 g/mol. The molecule has 1 aromatic carbocycles. The number of carboxylic acids is 1. The monoisotopic (exact) mass is 518 g/mol. The molecule has 0 fully saturated rings. The Bertz CT molecular complexity index is 1150. The highest BCUT2D eigenvalue weighted by molar-refractivity contribution is 5.96. The lowest BCUT2D eigenvalue weighted by molar-refractivity contribution is -0.143. The molecule has 13 heteroatoms. The second kappa shape index (κ2) is 12.8. The van der Waals surface area contributed by atoms with Crippen LogP contribution in [0.5, 0.6) is 0 Å². The number of carboxylic acid groups (broad SMARTS) is 1. The number of rotatable bonds is 13. The standard InChI is InChI=1S/C24H34N6O7/c1-11(2)19(24(36)37)29-22(34)17(8-13-10-27-16-7-5-4-6-14(13)16)28-23(35)20(12(3)31)30-21(33)15(25)9-18(26)32/h4-7,10-12,15,17,19-20,27,31H,8-9,25H2,1-3H3,(H2,26,32)(H,28,35)(H,29,34)(H,30,33)(H,36,37). The van der Waals surface area contributed by atoms with Crippen LogP contribution in [-0.2, 0) is 30.4 Å². The molecule has 0 radical (unpaired) electrons. The third kappa shape index (κ3) is 8.02. The van der Waals surface area contributed by atoms with Gasteiger partial charge < -0.3 is 42.6 Å². The fourth-order valence-corrected chi connectivity index (χ4v) is 3.73. The van der Waals surface area contributed by atoms with Gasteiger partial charge in [-0.25, -0.2) is 4.79 Å². The normalized spacial score (nSPS) is 15.3. The van der Waals surface area contributed by atoms with Gasteiger partial charge in [-0.15, -0.1) is 0 Å². The summed E-state index contributed by atoms with van der Waals surface area (Å²) in [5, 5.41) is 27.7. The van der Waals surface area contributed by atoms with Crippen molar-refractivity contribution >= 4 is 40.5 Å². The van der Waals surface area contributed by atoms with Crippen LogP contribution >= 0.6 is 0 Å². The number of carbonyl (C=O) groups excluding carboxylic acids is 4. The van der Waals surface area contributed by atoms with Crippen LogP contribution in [0.4, 0.5) is 0 Å². The zero-order chi connectivity index (χ0) is 27.9. The molecule has 5 atom stereocenters. The average molecular weight is 519 g/mol. The Balaban J connectivity index is 2.31. The van der Waals surface area contributed by atoms with Crippen molar-refractivity contribution < 1.29 is 34.2 Å². The molecule has 1 heterocycles. The number of aliphatic hydroxyl groups excluding tert-OH is 1. The summed E-state index contributed by atoms with van der Waals surface area (Å²) >= 11 is 0. The van der Waals surface area contributed by atoms with E-state index in [9.17, 15) is 34.2 Å². The lowest BCUT2D eigenvalue weighted by Crippen LogP contribution is -2.60. The maximum Gasteiger partial charge on any atom is 0.326 e. The molecule has 37 heavy (non-hydrogen) atoms. The minimum absolute atomic E-state index is 0.0202. The predicted octanol–water partition coefficient (Wildman–Crippen LogP) is -1.51. The number of nitrogens with two attached hydrogens (primary N) is 2. The first kappa shape index (κ1) is 29.3. The second-order valence-electron chi connectivity index (χ2n) is 9.20. The van der Waals surface area contributed by atoms with Gasteiger partial charge >= 0.3 is 5.97 Å². The highest BCUT2D eigenvalue weighted by Crippen LogP contribution is 2.19. The zero-order valence-corrected chi connectivity index (χ0v) is 20.9. The number of fused-ring (bicyclic) bond motifs is 1. The van der Waals surface area contributed by atoms with E-state index in [1.165, 1.54) is 6.92 Å². The van der Waals surface area contributed by atoms with E-state index in [1.54, 1.807) is 26.1 Å². The van der Waals surface area contributed by atoms with Crippen LogP contribution in [0.2, 0.25) is 0 Å². The Hall–Kier alpha value is -3.97. The smallest absolute Gasteiger partial charge is 0.326 e. The van der Waals surface area contributed by atoms with Crippen molar-refractivity contribution in [2.75, 3.05) is 0 Å². The van der Waals surface area contributed by atoms with E-state index in [-0.39, 0.29) is 6.42 Å². The highest BCUT2D eigenvalue weighted by atomic mass is 16.4. The molecule has 2 rings (SSSR count). The Morgan fingerprint density at radius 2 is 1.57 bits per heavy atom. The van der Waals surface area contributed by atoms with Gasteiger partial charge in [-0.3, -0.25) is 19.2 Å². The average Bonchev–Trinajstić information content (AvgIpc) is 3.21. The highest BCUT2D eigenvalue weighted by Gasteiger charge is 2.33. The molecule has 5 unspecified atom stereocenters. The van der Waals surface area contributed by atoms with Crippen molar-refractivity contribution in [2.24, 2.45) is 17.4 Å². The predicted molar refractivity (Wildman–Crippen MR) is 134 cm³/mol. The van der Waals surface area contributed by atoms with Crippen LogP contribution < -0.4 is 27.4 Å². The van der Waals surface area contributed by atoms with Crippen molar-refractivity contribution in [2.45, 2.75) is 63.9 Å². The molecule has 0 aliphatic carbocycles. The van der Waals surface area contributed by atoms with E-state index in [0.717, 1.165) is 10.9 Å². The lowest BCUT2D eigenvalue weighted by atomic mass is 10.0. The van der Waals surface area contributed by atoms with Gasteiger partial charge in [-0.1, -0.05) is 32.0 Å². The van der Waals surface area contributed by atoms with E-state index in [4.69, 9.17) is 11.5 Å². The van der Waals surface area contributed by atoms with E-state index in [0.29, 0.717) is 5.56 Å². The summed E-state index contributed by atoms with van der Waals surface area (Å²) in [4.78, 5) is 64.4. The maximum atomic E-state index is 13.2. The number of primary amides is 1. The lowest BCUT2D eigenvalue weighted by Gasteiger charge is -2.27. The third-order valence-electron chi connectivity index (χ3n) is 5.78. The Kier molecular flexibility index (Phi) is 10.1. The summed E-state index contributed by atoms with van der Waals surface area (Å²) in [6.07, 6.45) is -0.222. The minimum atomic E-state index is -1.52. The molecule has 0 saturated heterocycles. The number of aliphatic carboxylic acids is 1. The summed E-state index contributed by atoms with van der Waals surface area (Å²) in [6.45, 7) is 4.50.